The summed E-state index contributed by atoms with van der Waals surface area (Å²) in [6, 6.07) is 15.1. The summed E-state index contributed by atoms with van der Waals surface area (Å²) in [6.07, 6.45) is 0. The van der Waals surface area contributed by atoms with E-state index in [0.717, 1.165) is 28.9 Å². The number of hydrogen-bond donors (Lipinski definition) is 1. The van der Waals surface area contributed by atoms with E-state index in [9.17, 15) is 9.59 Å². The van der Waals surface area contributed by atoms with Crippen LogP contribution >= 0.6 is 0 Å². The summed E-state index contributed by atoms with van der Waals surface area (Å²) in [5.41, 5.74) is 2.62. The Morgan fingerprint density at radius 3 is 2.43 bits per heavy atom. The fraction of sp³-hybridized carbons (Fsp3) is 0.238. The van der Waals surface area contributed by atoms with Crippen LogP contribution in [0.1, 0.15) is 19.4 Å². The van der Waals surface area contributed by atoms with Crippen LogP contribution in [0, 0.1) is 0 Å². The number of H-pyrrole nitrogens is 1. The van der Waals surface area contributed by atoms with Crippen LogP contribution in [-0.4, -0.2) is 32.6 Å². The highest BCUT2D eigenvalue weighted by molar-refractivity contribution is 5.86. The number of benzene rings is 2. The van der Waals surface area contributed by atoms with E-state index in [1.807, 2.05) is 48.5 Å². The quantitative estimate of drug-likeness (QED) is 0.542. The van der Waals surface area contributed by atoms with Crippen molar-refractivity contribution in [1.29, 1.82) is 0 Å². The van der Waals surface area contributed by atoms with Gasteiger partial charge in [0.2, 0.25) is 0 Å². The fourth-order valence-corrected chi connectivity index (χ4v) is 3.36. The number of hydrogen-bond acceptors (Lipinski definition) is 5. The van der Waals surface area contributed by atoms with Crippen molar-refractivity contribution < 1.29 is 0 Å². The van der Waals surface area contributed by atoms with Gasteiger partial charge in [-0.2, -0.15) is 0 Å². The second-order valence-electron chi connectivity index (χ2n) is 6.57. The molecular weight excluding hydrogens is 354 g/mol. The predicted molar refractivity (Wildman–Crippen MR) is 111 cm³/mol. The zero-order valence-corrected chi connectivity index (χ0v) is 15.8. The van der Waals surface area contributed by atoms with Crippen LogP contribution in [-0.2, 0) is 6.54 Å². The number of nitrogens with zero attached hydrogens (tertiary/aromatic N) is 4. The molecule has 28 heavy (non-hydrogen) atoms. The molecule has 0 unspecified atom stereocenters. The van der Waals surface area contributed by atoms with E-state index < -0.39 is 11.2 Å². The highest BCUT2D eigenvalue weighted by atomic mass is 16.2. The molecule has 0 aliphatic heterocycles. The van der Waals surface area contributed by atoms with Crippen molar-refractivity contribution >= 4 is 27.9 Å². The fourth-order valence-electron chi connectivity index (χ4n) is 3.36. The van der Waals surface area contributed by atoms with Gasteiger partial charge in [-0.3, -0.25) is 14.3 Å². The molecule has 0 spiro atoms. The highest BCUT2D eigenvalue weighted by Gasteiger charge is 2.13. The molecule has 4 rings (SSSR count). The maximum atomic E-state index is 12.9. The molecule has 2 aromatic carbocycles. The van der Waals surface area contributed by atoms with Gasteiger partial charge in [0.05, 0.1) is 17.6 Å². The van der Waals surface area contributed by atoms with Crippen LogP contribution in [0.5, 0.6) is 0 Å². The average molecular weight is 375 g/mol. The normalized spacial score (nSPS) is 11.2. The second-order valence-corrected chi connectivity index (χ2v) is 6.57. The van der Waals surface area contributed by atoms with Crippen LogP contribution in [0.25, 0.3) is 22.2 Å². The molecule has 0 saturated carbocycles. The molecule has 0 bridgehead atoms. The molecule has 0 atom stereocenters. The summed E-state index contributed by atoms with van der Waals surface area (Å²) in [5, 5.41) is 0. The van der Waals surface area contributed by atoms with E-state index in [1.54, 1.807) is 0 Å². The summed E-state index contributed by atoms with van der Waals surface area (Å²) in [4.78, 5) is 39.3. The lowest BCUT2D eigenvalue weighted by molar-refractivity contribution is 0.708. The minimum absolute atomic E-state index is 0.165. The van der Waals surface area contributed by atoms with Gasteiger partial charge in [-0.05, 0) is 37.6 Å². The lowest BCUT2D eigenvalue weighted by atomic mass is 10.2. The minimum atomic E-state index is -0.491. The van der Waals surface area contributed by atoms with Crippen LogP contribution in [0.3, 0.4) is 0 Å². The summed E-state index contributed by atoms with van der Waals surface area (Å²) < 4.78 is 1.16. The van der Waals surface area contributed by atoms with E-state index in [2.05, 4.69) is 33.7 Å². The van der Waals surface area contributed by atoms with Crippen LogP contribution in [0.4, 0.5) is 5.69 Å². The smallest absolute Gasteiger partial charge is 0.330 e. The van der Waals surface area contributed by atoms with E-state index in [4.69, 9.17) is 0 Å². The number of rotatable bonds is 5. The Hall–Kier alpha value is -3.48. The van der Waals surface area contributed by atoms with Gasteiger partial charge in [0.25, 0.3) is 5.56 Å². The third kappa shape index (κ3) is 3.15. The Labute approximate surface area is 161 Å². The first-order valence-electron chi connectivity index (χ1n) is 9.34. The molecule has 2 aromatic heterocycles. The average Bonchev–Trinajstić information content (AvgIpc) is 2.71. The molecule has 0 amide bonds. The van der Waals surface area contributed by atoms with Crippen LogP contribution in [0.2, 0.25) is 0 Å². The Balaban J connectivity index is 1.86. The number of anilines is 1. The molecule has 142 valence electrons. The summed E-state index contributed by atoms with van der Waals surface area (Å²) >= 11 is 0. The summed E-state index contributed by atoms with van der Waals surface area (Å²) in [6.45, 7) is 6.12. The van der Waals surface area contributed by atoms with E-state index >= 15 is 0 Å². The summed E-state index contributed by atoms with van der Waals surface area (Å²) in [7, 11) is 0. The SMILES string of the molecule is CCN(CC)c1ccc2nc3c(=O)n(Cc4ccccc4)c(=O)[nH]c3nc2c1. The minimum Gasteiger partial charge on any atom is -0.372 e. The number of fused-ring (bicyclic) bond motifs is 2. The van der Waals surface area contributed by atoms with Gasteiger partial charge in [0.1, 0.15) is 0 Å². The summed E-state index contributed by atoms with van der Waals surface area (Å²) in [5.74, 6) is 0. The maximum Gasteiger partial charge on any atom is 0.330 e. The molecule has 4 aromatic rings. The predicted octanol–water partition coefficient (Wildman–Crippen LogP) is 2.53. The van der Waals surface area contributed by atoms with Crippen LogP contribution < -0.4 is 16.1 Å². The van der Waals surface area contributed by atoms with Crippen molar-refractivity contribution in [2.45, 2.75) is 20.4 Å². The molecule has 0 saturated heterocycles. The van der Waals surface area contributed by atoms with Crippen molar-refractivity contribution in [3.63, 3.8) is 0 Å². The van der Waals surface area contributed by atoms with Gasteiger partial charge in [-0.15, -0.1) is 0 Å². The second kappa shape index (κ2) is 7.26. The Morgan fingerprint density at radius 2 is 1.71 bits per heavy atom. The van der Waals surface area contributed by atoms with Crippen LogP contribution in [0.15, 0.2) is 58.1 Å². The Morgan fingerprint density at radius 1 is 0.964 bits per heavy atom. The Bertz CT molecular complexity index is 1260. The monoisotopic (exact) mass is 375 g/mol. The largest absolute Gasteiger partial charge is 0.372 e. The van der Waals surface area contributed by atoms with Gasteiger partial charge >= 0.3 is 5.69 Å². The standard InChI is InChI=1S/C21H21N5O2/c1-3-25(4-2)15-10-11-16-17(12-15)23-19-18(22-16)20(27)26(21(28)24-19)13-14-8-6-5-7-9-14/h5-12H,3-4,13H2,1-2H3,(H,23,24,28). The van der Waals surface area contributed by atoms with E-state index in [1.165, 1.54) is 0 Å². The number of nitrogens with one attached hydrogen (secondary N) is 1. The zero-order chi connectivity index (χ0) is 19.7. The third-order valence-corrected chi connectivity index (χ3v) is 4.88. The molecule has 1 N–H and O–H groups in total. The molecule has 7 heteroatoms. The van der Waals surface area contributed by atoms with Gasteiger partial charge in [0, 0.05) is 18.8 Å². The van der Waals surface area contributed by atoms with Crippen molar-refractivity contribution in [3.05, 3.63) is 74.9 Å². The van der Waals surface area contributed by atoms with Gasteiger partial charge in [0.15, 0.2) is 11.2 Å². The molecule has 0 aliphatic carbocycles. The van der Waals surface area contributed by atoms with Crippen molar-refractivity contribution in [2.75, 3.05) is 18.0 Å². The molecule has 2 heterocycles. The first-order chi connectivity index (χ1) is 13.6. The molecule has 0 aliphatic rings. The highest BCUT2D eigenvalue weighted by Crippen LogP contribution is 2.20. The Kier molecular flexibility index (Phi) is 4.65. The lowest BCUT2D eigenvalue weighted by Gasteiger charge is -2.21. The molecular formula is C21H21N5O2. The zero-order valence-electron chi connectivity index (χ0n) is 15.8. The van der Waals surface area contributed by atoms with Gasteiger partial charge in [-0.1, -0.05) is 30.3 Å². The topological polar surface area (TPSA) is 83.9 Å². The molecule has 7 nitrogen and oxygen atoms in total. The van der Waals surface area contributed by atoms with Gasteiger partial charge in [-0.25, -0.2) is 14.8 Å². The van der Waals surface area contributed by atoms with E-state index in [0.29, 0.717) is 11.0 Å². The van der Waals surface area contributed by atoms with Crippen molar-refractivity contribution in [2.24, 2.45) is 0 Å². The maximum absolute atomic E-state index is 12.9. The number of aromatic amines is 1. The number of aromatic nitrogens is 4. The lowest BCUT2D eigenvalue weighted by Crippen LogP contribution is -2.36. The van der Waals surface area contributed by atoms with Crippen molar-refractivity contribution in [3.8, 4) is 0 Å². The first-order valence-corrected chi connectivity index (χ1v) is 9.34. The molecule has 0 fully saturated rings. The van der Waals surface area contributed by atoms with Gasteiger partial charge < -0.3 is 4.90 Å². The first kappa shape index (κ1) is 17.9. The third-order valence-electron chi connectivity index (χ3n) is 4.88. The molecule has 0 radical (unpaired) electrons. The van der Waals surface area contributed by atoms with Crippen molar-refractivity contribution in [1.82, 2.24) is 19.5 Å². The van der Waals surface area contributed by atoms with E-state index in [-0.39, 0.29) is 17.7 Å².